The van der Waals surface area contributed by atoms with Crippen LogP contribution < -0.4 is 0 Å². The van der Waals surface area contributed by atoms with Gasteiger partial charge in [-0.2, -0.15) is 0 Å². The normalized spacial score (nSPS) is 49.6. The first-order valence-corrected chi connectivity index (χ1v) is 5.28. The van der Waals surface area contributed by atoms with E-state index in [1.807, 2.05) is 0 Å². The van der Waals surface area contributed by atoms with E-state index in [0.29, 0.717) is 0 Å². The van der Waals surface area contributed by atoms with Gasteiger partial charge >= 0.3 is 0 Å². The fourth-order valence-electron chi connectivity index (χ4n) is 3.59. The number of rotatable bonds is 1. The average Bonchev–Trinajstić information content (AvgIpc) is 2.25. The van der Waals surface area contributed by atoms with Gasteiger partial charge in [-0.3, -0.25) is 0 Å². The molecule has 0 aliphatic heterocycles. The third kappa shape index (κ3) is 0.947. The van der Waals surface area contributed by atoms with Crippen LogP contribution in [0.2, 0.25) is 0 Å². The van der Waals surface area contributed by atoms with Gasteiger partial charge in [0.1, 0.15) is 0 Å². The van der Waals surface area contributed by atoms with Crippen molar-refractivity contribution < 1.29 is 0 Å². The molecule has 2 aliphatic rings. The maximum Gasteiger partial charge on any atom is -0.0272 e. The van der Waals surface area contributed by atoms with Crippen molar-refractivity contribution >= 4 is 0 Å². The summed E-state index contributed by atoms with van der Waals surface area (Å²) in [7, 11) is 0. The first-order chi connectivity index (χ1) is 5.28. The van der Waals surface area contributed by atoms with Gasteiger partial charge < -0.3 is 0 Å². The monoisotopic (exact) mass is 152 g/mol. The molecule has 0 radical (unpaired) electrons. The topological polar surface area (TPSA) is 0 Å². The van der Waals surface area contributed by atoms with Gasteiger partial charge in [0.05, 0.1) is 0 Å². The van der Waals surface area contributed by atoms with Gasteiger partial charge in [0.25, 0.3) is 0 Å². The highest BCUT2D eigenvalue weighted by Gasteiger charge is 2.46. The summed E-state index contributed by atoms with van der Waals surface area (Å²) in [5, 5.41) is 0. The molecule has 0 spiro atoms. The van der Waals surface area contributed by atoms with Gasteiger partial charge in [0, 0.05) is 0 Å². The summed E-state index contributed by atoms with van der Waals surface area (Å²) < 4.78 is 0. The van der Waals surface area contributed by atoms with Crippen molar-refractivity contribution in [3.63, 3.8) is 0 Å². The number of hydrogen-bond acceptors (Lipinski definition) is 0. The molecule has 2 saturated carbocycles. The summed E-state index contributed by atoms with van der Waals surface area (Å²) in [6.07, 6.45) is 9.09. The molecule has 0 aromatic rings. The standard InChI is InChI=1S/C11H20/c1-3-11-7-4-5-10(6-8-11)9(11)2/h9-10H,3-8H2,1-2H3/t9-,10?,11?/m0/s1. The third-order valence-electron chi connectivity index (χ3n) is 4.64. The molecule has 11 heavy (non-hydrogen) atoms. The highest BCUT2D eigenvalue weighted by Crippen LogP contribution is 2.56. The zero-order chi connectivity index (χ0) is 7.90. The molecule has 0 heteroatoms. The molecule has 0 saturated heterocycles. The van der Waals surface area contributed by atoms with Gasteiger partial charge in [0.15, 0.2) is 0 Å². The Hall–Kier alpha value is 0. The van der Waals surface area contributed by atoms with E-state index in [1.54, 1.807) is 0 Å². The molecule has 2 aliphatic carbocycles. The second-order valence-electron chi connectivity index (χ2n) is 4.70. The van der Waals surface area contributed by atoms with E-state index in [1.165, 1.54) is 38.5 Å². The molecular weight excluding hydrogens is 132 g/mol. The Bertz CT molecular complexity index is 146. The van der Waals surface area contributed by atoms with Crippen LogP contribution in [-0.2, 0) is 0 Å². The Kier molecular flexibility index (Phi) is 1.74. The van der Waals surface area contributed by atoms with Crippen LogP contribution in [0.4, 0.5) is 0 Å². The molecule has 0 amide bonds. The molecule has 2 fully saturated rings. The molecule has 2 unspecified atom stereocenters. The fourth-order valence-corrected chi connectivity index (χ4v) is 3.59. The highest BCUT2D eigenvalue weighted by molar-refractivity contribution is 4.96. The van der Waals surface area contributed by atoms with Crippen molar-refractivity contribution in [2.75, 3.05) is 0 Å². The van der Waals surface area contributed by atoms with Crippen molar-refractivity contribution in [2.45, 2.75) is 52.4 Å². The van der Waals surface area contributed by atoms with Crippen LogP contribution in [0.3, 0.4) is 0 Å². The van der Waals surface area contributed by atoms with Crippen LogP contribution in [0.25, 0.3) is 0 Å². The van der Waals surface area contributed by atoms with Crippen LogP contribution >= 0.6 is 0 Å². The van der Waals surface area contributed by atoms with Gasteiger partial charge in [-0.1, -0.05) is 33.1 Å². The minimum Gasteiger partial charge on any atom is -0.0648 e. The molecule has 2 rings (SSSR count). The van der Waals surface area contributed by atoms with E-state index in [0.717, 1.165) is 17.3 Å². The molecule has 0 heterocycles. The molecule has 0 N–H and O–H groups in total. The van der Waals surface area contributed by atoms with Gasteiger partial charge in [-0.15, -0.1) is 0 Å². The summed E-state index contributed by atoms with van der Waals surface area (Å²) in [5.41, 5.74) is 0.795. The molecule has 0 nitrogen and oxygen atoms in total. The molecule has 2 bridgehead atoms. The largest absolute Gasteiger partial charge is 0.0648 e. The maximum absolute atomic E-state index is 2.50. The van der Waals surface area contributed by atoms with Crippen molar-refractivity contribution in [3.8, 4) is 0 Å². The quantitative estimate of drug-likeness (QED) is 0.538. The lowest BCUT2D eigenvalue weighted by Crippen LogP contribution is -2.29. The van der Waals surface area contributed by atoms with Crippen LogP contribution in [-0.4, -0.2) is 0 Å². The first kappa shape index (κ1) is 7.64. The van der Waals surface area contributed by atoms with Crippen LogP contribution in [0.1, 0.15) is 52.4 Å². The minimum atomic E-state index is 0.795. The lowest BCUT2D eigenvalue weighted by Gasteiger charge is -2.38. The summed E-state index contributed by atoms with van der Waals surface area (Å²) in [5.74, 6) is 2.14. The fraction of sp³-hybridized carbons (Fsp3) is 1.00. The molecule has 0 aromatic carbocycles. The van der Waals surface area contributed by atoms with E-state index in [2.05, 4.69) is 13.8 Å². The van der Waals surface area contributed by atoms with E-state index >= 15 is 0 Å². The van der Waals surface area contributed by atoms with E-state index < -0.39 is 0 Å². The number of fused-ring (bicyclic) bond motifs is 2. The maximum atomic E-state index is 2.50. The molecule has 64 valence electrons. The second-order valence-corrected chi connectivity index (χ2v) is 4.70. The van der Waals surface area contributed by atoms with Crippen molar-refractivity contribution in [2.24, 2.45) is 17.3 Å². The second kappa shape index (κ2) is 2.50. The minimum absolute atomic E-state index is 0.795. The van der Waals surface area contributed by atoms with Crippen LogP contribution in [0.15, 0.2) is 0 Å². The smallest absolute Gasteiger partial charge is 0.0272 e. The summed E-state index contributed by atoms with van der Waals surface area (Å²) in [6.45, 7) is 4.89. The van der Waals surface area contributed by atoms with Crippen LogP contribution in [0, 0.1) is 17.3 Å². The number of hydrogen-bond donors (Lipinski definition) is 0. The first-order valence-electron chi connectivity index (χ1n) is 5.28. The predicted molar refractivity (Wildman–Crippen MR) is 48.5 cm³/mol. The molecule has 3 atom stereocenters. The van der Waals surface area contributed by atoms with Crippen LogP contribution in [0.5, 0.6) is 0 Å². The van der Waals surface area contributed by atoms with E-state index in [4.69, 9.17) is 0 Å². The Morgan fingerprint density at radius 1 is 1.27 bits per heavy atom. The van der Waals surface area contributed by atoms with Crippen molar-refractivity contribution in [1.29, 1.82) is 0 Å². The summed E-state index contributed by atoms with van der Waals surface area (Å²) in [6, 6.07) is 0. The van der Waals surface area contributed by atoms with Gasteiger partial charge in [-0.05, 0) is 36.5 Å². The summed E-state index contributed by atoms with van der Waals surface area (Å²) in [4.78, 5) is 0. The van der Waals surface area contributed by atoms with E-state index in [-0.39, 0.29) is 0 Å². The SMILES string of the molecule is CCC12CCCC(CC1)[C@@H]2C. The predicted octanol–water partition coefficient (Wildman–Crippen LogP) is 3.61. The zero-order valence-corrected chi connectivity index (χ0v) is 7.90. The van der Waals surface area contributed by atoms with E-state index in [9.17, 15) is 0 Å². The van der Waals surface area contributed by atoms with Gasteiger partial charge in [-0.25, -0.2) is 0 Å². The molecular formula is C11H20. The summed E-state index contributed by atoms with van der Waals surface area (Å²) >= 11 is 0. The Balaban J connectivity index is 2.19. The molecule has 0 aromatic heterocycles. The Labute approximate surface area is 70.4 Å². The van der Waals surface area contributed by atoms with Gasteiger partial charge in [0.2, 0.25) is 0 Å². The van der Waals surface area contributed by atoms with Crippen molar-refractivity contribution in [1.82, 2.24) is 0 Å². The third-order valence-corrected chi connectivity index (χ3v) is 4.64. The Morgan fingerprint density at radius 3 is 2.73 bits per heavy atom. The zero-order valence-electron chi connectivity index (χ0n) is 7.90. The lowest BCUT2D eigenvalue weighted by atomic mass is 9.67. The lowest BCUT2D eigenvalue weighted by molar-refractivity contribution is 0.117. The highest BCUT2D eigenvalue weighted by atomic mass is 14.5. The van der Waals surface area contributed by atoms with Crippen molar-refractivity contribution in [3.05, 3.63) is 0 Å². The Morgan fingerprint density at radius 2 is 2.09 bits per heavy atom. The average molecular weight is 152 g/mol.